The average Bonchev–Trinajstić information content (AvgIpc) is 3.18. The number of aliphatic hydroxyl groups is 1. The van der Waals surface area contributed by atoms with Crippen molar-refractivity contribution in [2.45, 2.75) is 12.6 Å². The Morgan fingerprint density at radius 2 is 2.03 bits per heavy atom. The molecular weight excluding hydrogens is 508 g/mol. The van der Waals surface area contributed by atoms with Crippen molar-refractivity contribution in [1.29, 1.82) is 0 Å². The molecule has 0 bridgehead atoms. The third-order valence-corrected chi connectivity index (χ3v) is 5.44. The molecule has 0 saturated carbocycles. The fraction of sp³-hybridized carbons (Fsp3) is 0.182. The summed E-state index contributed by atoms with van der Waals surface area (Å²) in [6.07, 6.45) is 0.370. The third-order valence-electron chi connectivity index (χ3n) is 4.94. The Kier molecular flexibility index (Phi) is 6.80. The van der Waals surface area contributed by atoms with Crippen LogP contribution in [0.1, 0.15) is 5.56 Å². The number of aryl methyl sites for hydroxylation is 1. The maximum atomic E-state index is 12.6. The normalized spacial score (nSPS) is 12.3. The van der Waals surface area contributed by atoms with Gasteiger partial charge in [-0.3, -0.25) is 14.3 Å². The van der Waals surface area contributed by atoms with Crippen molar-refractivity contribution in [2.75, 3.05) is 12.0 Å². The van der Waals surface area contributed by atoms with Gasteiger partial charge in [-0.25, -0.2) is 10.2 Å². The molecule has 2 aromatic carbocycles. The number of ether oxygens (including phenoxy) is 1. The zero-order valence-corrected chi connectivity index (χ0v) is 19.6. The lowest BCUT2D eigenvalue weighted by Crippen LogP contribution is -2.30. The second-order valence-electron chi connectivity index (χ2n) is 7.39. The number of hydrogen-bond donors (Lipinski definition) is 4. The van der Waals surface area contributed by atoms with Crippen molar-refractivity contribution in [3.8, 4) is 11.5 Å². The third kappa shape index (κ3) is 5.02. The van der Waals surface area contributed by atoms with Gasteiger partial charge in [-0.1, -0.05) is 34.1 Å². The van der Waals surface area contributed by atoms with Crippen LogP contribution in [0.25, 0.3) is 11.2 Å². The number of nitrogens with one attached hydrogen (secondary N) is 2. The van der Waals surface area contributed by atoms with Crippen LogP contribution in [0.5, 0.6) is 11.5 Å². The number of benzene rings is 2. The predicted octanol–water partition coefficient (Wildman–Crippen LogP) is 1.78. The zero-order chi connectivity index (χ0) is 24.2. The average molecular weight is 529 g/mol. The molecule has 0 radical (unpaired) electrons. The minimum Gasteiger partial charge on any atom is -0.507 e. The van der Waals surface area contributed by atoms with Crippen molar-refractivity contribution >= 4 is 39.3 Å². The van der Waals surface area contributed by atoms with Gasteiger partial charge in [0.2, 0.25) is 5.95 Å². The molecule has 0 aliphatic carbocycles. The van der Waals surface area contributed by atoms with Crippen molar-refractivity contribution in [3.05, 3.63) is 79.4 Å². The summed E-state index contributed by atoms with van der Waals surface area (Å²) in [5.74, 6) is 0.731. The number of hydrogen-bond acceptors (Lipinski definition) is 8. The minimum atomic E-state index is -1.01. The lowest BCUT2D eigenvalue weighted by molar-refractivity contribution is 0.0938. The van der Waals surface area contributed by atoms with Gasteiger partial charge in [0, 0.05) is 17.1 Å². The molecule has 176 valence electrons. The van der Waals surface area contributed by atoms with E-state index in [0.717, 1.165) is 4.47 Å². The summed E-state index contributed by atoms with van der Waals surface area (Å²) >= 11 is 3.33. The van der Waals surface area contributed by atoms with Crippen LogP contribution in [0.2, 0.25) is 0 Å². The first-order chi connectivity index (χ1) is 16.3. The molecule has 4 rings (SSSR count). The summed E-state index contributed by atoms with van der Waals surface area (Å²) in [6, 6.07) is 13.9. The van der Waals surface area contributed by atoms with E-state index in [4.69, 9.17) is 4.74 Å². The number of aromatic nitrogens is 4. The van der Waals surface area contributed by atoms with Crippen LogP contribution in [0, 0.1) is 0 Å². The first-order valence-corrected chi connectivity index (χ1v) is 11.0. The Bertz CT molecular complexity index is 1460. The number of fused-ring (bicyclic) bond motifs is 1. The highest BCUT2D eigenvalue weighted by molar-refractivity contribution is 9.10. The molecule has 1 atom stereocenters. The van der Waals surface area contributed by atoms with Crippen molar-refractivity contribution in [1.82, 2.24) is 19.1 Å². The molecule has 0 saturated heterocycles. The Morgan fingerprint density at radius 3 is 2.79 bits per heavy atom. The number of aromatic hydroxyl groups is 1. The van der Waals surface area contributed by atoms with E-state index in [-0.39, 0.29) is 36.0 Å². The summed E-state index contributed by atoms with van der Waals surface area (Å²) in [5.41, 5.74) is 2.10. The molecule has 4 N–H and O–H groups in total. The number of hydrazone groups is 1. The highest BCUT2D eigenvalue weighted by Crippen LogP contribution is 2.21. The minimum absolute atomic E-state index is 0.0228. The van der Waals surface area contributed by atoms with Gasteiger partial charge >= 0.3 is 5.69 Å². The van der Waals surface area contributed by atoms with Crippen LogP contribution < -0.4 is 21.4 Å². The molecule has 12 heteroatoms. The topological polar surface area (TPSA) is 147 Å². The van der Waals surface area contributed by atoms with Gasteiger partial charge in [0.05, 0.1) is 12.8 Å². The van der Waals surface area contributed by atoms with Gasteiger partial charge < -0.3 is 19.5 Å². The standard InChI is InChI=1S/C22H21BrN6O5/c1-28-19-18(20(32)26-22(28)33)29(11-15(30)12-34-16-5-3-2-4-6-16)21(25-19)27-24-10-13-9-14(23)7-8-17(13)31/h2-10,15,30-31H,11-12H2,1H3,(H,25,27)(H,26,32,33)/b24-10-/t15-/m1/s1. The molecule has 34 heavy (non-hydrogen) atoms. The number of aromatic amines is 1. The Morgan fingerprint density at radius 1 is 1.26 bits per heavy atom. The second kappa shape index (κ2) is 9.93. The van der Waals surface area contributed by atoms with Crippen LogP contribution in [0.15, 0.2) is 67.7 Å². The van der Waals surface area contributed by atoms with E-state index >= 15 is 0 Å². The Labute approximate surface area is 201 Å². The molecule has 2 aromatic heterocycles. The van der Waals surface area contributed by atoms with E-state index < -0.39 is 17.4 Å². The summed E-state index contributed by atoms with van der Waals surface area (Å²) in [6.45, 7) is -0.105. The number of imidazole rings is 1. The first-order valence-electron chi connectivity index (χ1n) is 10.2. The molecule has 0 unspecified atom stereocenters. The highest BCUT2D eigenvalue weighted by Gasteiger charge is 2.20. The number of halogens is 1. The van der Waals surface area contributed by atoms with E-state index in [0.29, 0.717) is 11.3 Å². The summed E-state index contributed by atoms with van der Waals surface area (Å²) in [5, 5.41) is 24.7. The van der Waals surface area contributed by atoms with Crippen molar-refractivity contribution < 1.29 is 14.9 Å². The molecule has 2 heterocycles. The molecular formula is C22H21BrN6O5. The monoisotopic (exact) mass is 528 g/mol. The molecule has 4 aromatic rings. The van der Waals surface area contributed by atoms with Crippen LogP contribution in [-0.4, -0.2) is 48.2 Å². The Hall–Kier alpha value is -3.90. The fourth-order valence-corrected chi connectivity index (χ4v) is 3.64. The van der Waals surface area contributed by atoms with E-state index in [9.17, 15) is 19.8 Å². The molecule has 0 fully saturated rings. The number of phenols is 1. The van der Waals surface area contributed by atoms with Crippen molar-refractivity contribution in [3.63, 3.8) is 0 Å². The number of anilines is 1. The largest absolute Gasteiger partial charge is 0.507 e. The van der Waals surface area contributed by atoms with E-state index in [1.165, 1.54) is 28.5 Å². The van der Waals surface area contributed by atoms with Gasteiger partial charge in [-0.2, -0.15) is 10.1 Å². The molecule has 0 aliphatic heterocycles. The maximum Gasteiger partial charge on any atom is 0.329 e. The summed E-state index contributed by atoms with van der Waals surface area (Å²) in [4.78, 5) is 31.2. The smallest absolute Gasteiger partial charge is 0.329 e. The fourth-order valence-electron chi connectivity index (χ4n) is 3.26. The van der Waals surface area contributed by atoms with E-state index in [1.807, 2.05) is 18.2 Å². The number of aliphatic hydroxyl groups excluding tert-OH is 1. The SMILES string of the molecule is Cn1c(=O)[nH]c(=O)c2c1nc(N/N=C\c1cc(Br)ccc1O)n2C[C@@H](O)COc1ccccc1. The van der Waals surface area contributed by atoms with Crippen LogP contribution in [-0.2, 0) is 13.6 Å². The number of H-pyrrole nitrogens is 1. The number of para-hydroxylation sites is 1. The molecule has 0 aliphatic rings. The van der Waals surface area contributed by atoms with Crippen LogP contribution in [0.3, 0.4) is 0 Å². The van der Waals surface area contributed by atoms with Gasteiger partial charge in [-0.15, -0.1) is 0 Å². The highest BCUT2D eigenvalue weighted by atomic mass is 79.9. The number of nitrogens with zero attached hydrogens (tertiary/aromatic N) is 4. The molecule has 0 spiro atoms. The van der Waals surface area contributed by atoms with Crippen molar-refractivity contribution in [2.24, 2.45) is 12.1 Å². The molecule has 0 amide bonds. The quantitative estimate of drug-likeness (QED) is 0.201. The molecule has 11 nitrogen and oxygen atoms in total. The lowest BCUT2D eigenvalue weighted by atomic mass is 10.2. The van der Waals surface area contributed by atoms with E-state index in [2.05, 4.69) is 36.4 Å². The predicted molar refractivity (Wildman–Crippen MR) is 131 cm³/mol. The van der Waals surface area contributed by atoms with Gasteiger partial charge in [0.25, 0.3) is 5.56 Å². The van der Waals surface area contributed by atoms with Crippen LogP contribution >= 0.6 is 15.9 Å². The first kappa shape index (κ1) is 23.3. The zero-order valence-electron chi connectivity index (χ0n) is 18.0. The van der Waals surface area contributed by atoms with Gasteiger partial charge in [-0.05, 0) is 30.3 Å². The number of phenolic OH excluding ortho intramolecular Hbond substituents is 1. The second-order valence-corrected chi connectivity index (χ2v) is 8.30. The van der Waals surface area contributed by atoms with Gasteiger partial charge in [0.15, 0.2) is 11.2 Å². The van der Waals surface area contributed by atoms with E-state index in [1.54, 1.807) is 24.3 Å². The maximum absolute atomic E-state index is 12.6. The Balaban J connectivity index is 1.64. The summed E-state index contributed by atoms with van der Waals surface area (Å²) in [7, 11) is 1.47. The summed E-state index contributed by atoms with van der Waals surface area (Å²) < 4.78 is 8.96. The lowest BCUT2D eigenvalue weighted by Gasteiger charge is -2.15. The van der Waals surface area contributed by atoms with Gasteiger partial charge in [0.1, 0.15) is 24.2 Å². The van der Waals surface area contributed by atoms with Crippen LogP contribution in [0.4, 0.5) is 5.95 Å². The number of rotatable bonds is 8.